The highest BCUT2D eigenvalue weighted by Crippen LogP contribution is 2.29. The lowest BCUT2D eigenvalue weighted by molar-refractivity contribution is 0.340. The number of methoxy groups -OCH3 is 1. The van der Waals surface area contributed by atoms with Crippen LogP contribution >= 0.6 is 11.8 Å². The molecule has 2 aromatic heterocycles. The fourth-order valence-electron chi connectivity index (χ4n) is 3.87. The monoisotopic (exact) mass is 499 g/mol. The number of para-hydroxylation sites is 1. The Hall–Kier alpha value is -4.04. The van der Waals surface area contributed by atoms with Crippen LogP contribution in [0.15, 0.2) is 87.2 Å². The van der Waals surface area contributed by atoms with Crippen LogP contribution in [0.1, 0.15) is 18.4 Å². The number of fused-ring (bicyclic) bond motifs is 1. The predicted octanol–water partition coefficient (Wildman–Crippen LogP) is 6.05. The fraction of sp³-hybridized carbons (Fsp3) is 0.179. The van der Waals surface area contributed by atoms with Crippen molar-refractivity contribution in [2.45, 2.75) is 24.8 Å². The molecule has 5 rings (SSSR count). The molecule has 0 atom stereocenters. The van der Waals surface area contributed by atoms with Gasteiger partial charge < -0.3 is 13.9 Å². The van der Waals surface area contributed by atoms with Crippen LogP contribution in [0.5, 0.6) is 11.5 Å². The number of aromatic nitrogens is 3. The van der Waals surface area contributed by atoms with Gasteiger partial charge in [-0.25, -0.2) is 9.97 Å². The minimum absolute atomic E-state index is 0.136. The fourth-order valence-corrected chi connectivity index (χ4v) is 4.88. The van der Waals surface area contributed by atoms with Crippen molar-refractivity contribution in [1.82, 2.24) is 14.5 Å². The molecule has 0 radical (unpaired) electrons. The summed E-state index contributed by atoms with van der Waals surface area (Å²) in [5.41, 5.74) is 2.87. The molecule has 0 saturated heterocycles. The molecule has 0 aliphatic carbocycles. The van der Waals surface area contributed by atoms with E-state index in [1.165, 1.54) is 11.8 Å². The Bertz CT molecular complexity index is 1570. The molecular formula is C28H25N3O4S. The van der Waals surface area contributed by atoms with Crippen LogP contribution in [-0.4, -0.2) is 28.3 Å². The Morgan fingerprint density at radius 1 is 0.972 bits per heavy atom. The molecule has 8 heteroatoms. The van der Waals surface area contributed by atoms with Gasteiger partial charge in [0.2, 0.25) is 5.89 Å². The Kier molecular flexibility index (Phi) is 6.77. The topological polar surface area (TPSA) is 79.4 Å². The van der Waals surface area contributed by atoms with Crippen molar-refractivity contribution in [2.24, 2.45) is 0 Å². The lowest BCUT2D eigenvalue weighted by Crippen LogP contribution is -2.21. The highest BCUT2D eigenvalue weighted by atomic mass is 32.2. The van der Waals surface area contributed by atoms with Gasteiger partial charge in [0.25, 0.3) is 5.56 Å². The Morgan fingerprint density at radius 2 is 1.78 bits per heavy atom. The molecule has 2 heterocycles. The first-order valence-electron chi connectivity index (χ1n) is 11.6. The van der Waals surface area contributed by atoms with E-state index < -0.39 is 0 Å². The molecule has 0 fully saturated rings. The second kappa shape index (κ2) is 10.3. The van der Waals surface area contributed by atoms with Crippen LogP contribution in [0.3, 0.4) is 0 Å². The lowest BCUT2D eigenvalue weighted by atomic mass is 10.2. The van der Waals surface area contributed by atoms with Crippen LogP contribution in [0.4, 0.5) is 0 Å². The zero-order valence-electron chi connectivity index (χ0n) is 20.2. The van der Waals surface area contributed by atoms with E-state index >= 15 is 0 Å². The van der Waals surface area contributed by atoms with Crippen molar-refractivity contribution in [3.8, 4) is 28.6 Å². The van der Waals surface area contributed by atoms with E-state index in [-0.39, 0.29) is 5.56 Å². The Morgan fingerprint density at radius 3 is 2.56 bits per heavy atom. The van der Waals surface area contributed by atoms with Crippen LogP contribution < -0.4 is 15.0 Å². The van der Waals surface area contributed by atoms with Gasteiger partial charge in [-0.05, 0) is 62.4 Å². The summed E-state index contributed by atoms with van der Waals surface area (Å²) in [6, 6.07) is 22.4. The highest BCUT2D eigenvalue weighted by molar-refractivity contribution is 7.98. The average molecular weight is 500 g/mol. The third-order valence-electron chi connectivity index (χ3n) is 5.70. The van der Waals surface area contributed by atoms with E-state index in [1.807, 2.05) is 80.6 Å². The molecule has 0 unspecified atom stereocenters. The summed E-state index contributed by atoms with van der Waals surface area (Å²) < 4.78 is 18.5. The molecule has 36 heavy (non-hydrogen) atoms. The summed E-state index contributed by atoms with van der Waals surface area (Å²) in [7, 11) is 1.60. The van der Waals surface area contributed by atoms with Gasteiger partial charge in [-0.1, -0.05) is 30.0 Å². The van der Waals surface area contributed by atoms with E-state index in [2.05, 4.69) is 0 Å². The van der Waals surface area contributed by atoms with Gasteiger partial charge in [0.1, 0.15) is 17.3 Å². The zero-order valence-corrected chi connectivity index (χ0v) is 21.0. The summed E-state index contributed by atoms with van der Waals surface area (Å²) in [4.78, 5) is 23.1. The van der Waals surface area contributed by atoms with E-state index in [9.17, 15) is 4.79 Å². The van der Waals surface area contributed by atoms with Gasteiger partial charge in [0.05, 0.1) is 36.0 Å². The number of hydrogen-bond acceptors (Lipinski definition) is 7. The summed E-state index contributed by atoms with van der Waals surface area (Å²) in [6.07, 6.45) is 0. The molecular weight excluding hydrogens is 474 g/mol. The van der Waals surface area contributed by atoms with Gasteiger partial charge in [0, 0.05) is 17.4 Å². The van der Waals surface area contributed by atoms with Crippen LogP contribution in [0.2, 0.25) is 0 Å². The second-order valence-corrected chi connectivity index (χ2v) is 8.96. The van der Waals surface area contributed by atoms with Gasteiger partial charge in [-0.2, -0.15) is 0 Å². The number of oxazole rings is 1. The van der Waals surface area contributed by atoms with Gasteiger partial charge in [-0.15, -0.1) is 0 Å². The largest absolute Gasteiger partial charge is 0.497 e. The van der Waals surface area contributed by atoms with Gasteiger partial charge in [0.15, 0.2) is 5.16 Å². The number of nitrogens with zero attached hydrogens (tertiary/aromatic N) is 3. The van der Waals surface area contributed by atoms with E-state index in [1.54, 1.807) is 17.7 Å². The van der Waals surface area contributed by atoms with E-state index in [0.717, 1.165) is 22.8 Å². The minimum Gasteiger partial charge on any atom is -0.497 e. The maximum Gasteiger partial charge on any atom is 0.266 e. The lowest BCUT2D eigenvalue weighted by Gasteiger charge is -2.13. The highest BCUT2D eigenvalue weighted by Gasteiger charge is 2.17. The van der Waals surface area contributed by atoms with Gasteiger partial charge in [-0.3, -0.25) is 9.36 Å². The third kappa shape index (κ3) is 4.72. The Labute approximate surface area is 212 Å². The Balaban J connectivity index is 1.49. The first kappa shape index (κ1) is 23.7. The maximum atomic E-state index is 13.5. The zero-order chi connectivity index (χ0) is 25.1. The molecule has 0 bridgehead atoms. The van der Waals surface area contributed by atoms with Crippen molar-refractivity contribution >= 4 is 22.7 Å². The summed E-state index contributed by atoms with van der Waals surface area (Å²) in [5, 5.41) is 1.12. The van der Waals surface area contributed by atoms with Crippen molar-refractivity contribution in [1.29, 1.82) is 0 Å². The number of benzene rings is 3. The van der Waals surface area contributed by atoms with Crippen LogP contribution in [0.25, 0.3) is 28.0 Å². The normalized spacial score (nSPS) is 11.1. The first-order chi connectivity index (χ1) is 17.6. The standard InChI is InChI=1S/C28H25N3O4S/c1-4-34-21-14-12-19(13-15-21)26-29-25(18(2)35-26)17-36-28-30-24-11-6-5-10-23(24)27(32)31(28)20-8-7-9-22(16-20)33-3/h5-16H,4,17H2,1-3H3. The second-order valence-electron chi connectivity index (χ2n) is 8.02. The summed E-state index contributed by atoms with van der Waals surface area (Å²) >= 11 is 1.44. The number of hydrogen-bond donors (Lipinski definition) is 0. The van der Waals surface area contributed by atoms with Crippen LogP contribution in [0, 0.1) is 6.92 Å². The smallest absolute Gasteiger partial charge is 0.266 e. The molecule has 0 N–H and O–H groups in total. The summed E-state index contributed by atoms with van der Waals surface area (Å²) in [6.45, 7) is 4.46. The molecule has 182 valence electrons. The van der Waals surface area contributed by atoms with Crippen molar-refractivity contribution in [3.05, 3.63) is 94.6 Å². The minimum atomic E-state index is -0.136. The molecule has 0 saturated carbocycles. The van der Waals surface area contributed by atoms with Crippen LogP contribution in [-0.2, 0) is 5.75 Å². The number of thioether (sulfide) groups is 1. The average Bonchev–Trinajstić information content (AvgIpc) is 3.28. The van der Waals surface area contributed by atoms with Crippen molar-refractivity contribution in [3.63, 3.8) is 0 Å². The number of rotatable bonds is 8. The number of ether oxygens (including phenoxy) is 2. The van der Waals surface area contributed by atoms with E-state index in [0.29, 0.717) is 45.7 Å². The molecule has 5 aromatic rings. The van der Waals surface area contributed by atoms with Gasteiger partial charge >= 0.3 is 0 Å². The maximum absolute atomic E-state index is 13.5. The molecule has 0 aliphatic rings. The van der Waals surface area contributed by atoms with Crippen molar-refractivity contribution < 1.29 is 13.9 Å². The molecule has 7 nitrogen and oxygen atoms in total. The predicted molar refractivity (Wildman–Crippen MR) is 141 cm³/mol. The molecule has 0 spiro atoms. The summed E-state index contributed by atoms with van der Waals surface area (Å²) in [5.74, 6) is 3.22. The quantitative estimate of drug-likeness (QED) is 0.190. The SMILES string of the molecule is CCOc1ccc(-c2nc(CSc3nc4ccccc4c(=O)n3-c3cccc(OC)c3)c(C)o2)cc1. The molecule has 3 aromatic carbocycles. The van der Waals surface area contributed by atoms with Crippen molar-refractivity contribution in [2.75, 3.05) is 13.7 Å². The third-order valence-corrected chi connectivity index (χ3v) is 6.65. The molecule has 0 amide bonds. The molecule has 0 aliphatic heterocycles. The number of aryl methyl sites for hydroxylation is 1. The first-order valence-corrected chi connectivity index (χ1v) is 12.5. The van der Waals surface area contributed by atoms with E-state index in [4.69, 9.17) is 23.9 Å².